The van der Waals surface area contributed by atoms with Crippen LogP contribution in [0.5, 0.6) is 0 Å². The number of carbonyl (C=O) groups is 3. The number of rotatable bonds is 3. The lowest BCUT2D eigenvalue weighted by Crippen LogP contribution is -2.60. The molecule has 1 aliphatic heterocycles. The molecule has 0 saturated carbocycles. The van der Waals surface area contributed by atoms with Gasteiger partial charge in [0.2, 0.25) is 5.91 Å². The Morgan fingerprint density at radius 2 is 1.81 bits per heavy atom. The Bertz CT molecular complexity index is 747. The standard InChI is InChI=1S/C18H24ClN3O5/c1-18(2,3)17(25)21-8-9-22(12(10-21)16(24)27-5)14-11(15(23)26-4)6-7-13(19)20-14/h6-7,12H,8-10H2,1-5H3. The quantitative estimate of drug-likeness (QED) is 0.567. The van der Waals surface area contributed by atoms with Crippen molar-refractivity contribution in [2.24, 2.45) is 5.41 Å². The molecule has 1 aliphatic rings. The fraction of sp³-hybridized carbons (Fsp3) is 0.556. The van der Waals surface area contributed by atoms with Crippen LogP contribution in [-0.2, 0) is 19.1 Å². The SMILES string of the molecule is COC(=O)c1ccc(Cl)nc1N1CCN(C(=O)C(C)(C)C)CC1C(=O)OC. The van der Waals surface area contributed by atoms with Gasteiger partial charge in [-0.15, -0.1) is 0 Å². The van der Waals surface area contributed by atoms with Gasteiger partial charge in [0.05, 0.1) is 20.8 Å². The molecule has 148 valence electrons. The molecular weight excluding hydrogens is 374 g/mol. The average molecular weight is 398 g/mol. The first-order valence-corrected chi connectivity index (χ1v) is 8.86. The number of aromatic nitrogens is 1. The van der Waals surface area contributed by atoms with Crippen LogP contribution in [0.2, 0.25) is 5.15 Å². The molecule has 1 saturated heterocycles. The fourth-order valence-corrected chi connectivity index (χ4v) is 3.09. The van der Waals surface area contributed by atoms with Gasteiger partial charge in [0.15, 0.2) is 0 Å². The van der Waals surface area contributed by atoms with Crippen LogP contribution in [0.4, 0.5) is 5.82 Å². The van der Waals surface area contributed by atoms with Gasteiger partial charge in [0.25, 0.3) is 0 Å². The Morgan fingerprint density at radius 3 is 2.37 bits per heavy atom. The molecule has 0 bridgehead atoms. The van der Waals surface area contributed by atoms with Gasteiger partial charge in [-0.2, -0.15) is 0 Å². The van der Waals surface area contributed by atoms with E-state index in [2.05, 4.69) is 4.98 Å². The largest absolute Gasteiger partial charge is 0.467 e. The van der Waals surface area contributed by atoms with E-state index in [0.717, 1.165) is 0 Å². The molecule has 0 aromatic carbocycles. The van der Waals surface area contributed by atoms with Gasteiger partial charge in [-0.05, 0) is 12.1 Å². The van der Waals surface area contributed by atoms with Crippen molar-refractivity contribution in [2.45, 2.75) is 26.8 Å². The molecule has 8 nitrogen and oxygen atoms in total. The van der Waals surface area contributed by atoms with Gasteiger partial charge in [0, 0.05) is 18.5 Å². The Kier molecular flexibility index (Phi) is 6.30. The first kappa shape index (κ1) is 21.0. The Balaban J connectivity index is 2.43. The smallest absolute Gasteiger partial charge is 0.341 e. The fourth-order valence-electron chi connectivity index (χ4n) is 2.95. The molecule has 0 radical (unpaired) electrons. The number of piperazine rings is 1. The lowest BCUT2D eigenvalue weighted by molar-refractivity contribution is -0.146. The summed E-state index contributed by atoms with van der Waals surface area (Å²) in [6.07, 6.45) is 0. The minimum absolute atomic E-state index is 0.0664. The molecule has 1 aromatic rings. The summed E-state index contributed by atoms with van der Waals surface area (Å²) in [6, 6.07) is 2.16. The highest BCUT2D eigenvalue weighted by atomic mass is 35.5. The highest BCUT2D eigenvalue weighted by Gasteiger charge is 2.39. The second-order valence-electron chi connectivity index (χ2n) is 7.23. The number of hydrogen-bond acceptors (Lipinski definition) is 7. The summed E-state index contributed by atoms with van der Waals surface area (Å²) in [5.74, 6) is -0.958. The van der Waals surface area contributed by atoms with Crippen molar-refractivity contribution in [3.8, 4) is 0 Å². The van der Waals surface area contributed by atoms with E-state index in [1.807, 2.05) is 20.8 Å². The predicted molar refractivity (Wildman–Crippen MR) is 99.8 cm³/mol. The van der Waals surface area contributed by atoms with Crippen LogP contribution >= 0.6 is 11.6 Å². The third-order valence-electron chi connectivity index (χ3n) is 4.30. The minimum Gasteiger partial charge on any atom is -0.467 e. The highest BCUT2D eigenvalue weighted by molar-refractivity contribution is 6.29. The number of anilines is 1. The highest BCUT2D eigenvalue weighted by Crippen LogP contribution is 2.28. The van der Waals surface area contributed by atoms with E-state index < -0.39 is 23.4 Å². The minimum atomic E-state index is -0.815. The summed E-state index contributed by atoms with van der Waals surface area (Å²) in [5.41, 5.74) is -0.389. The molecule has 1 atom stereocenters. The van der Waals surface area contributed by atoms with Crippen molar-refractivity contribution in [2.75, 3.05) is 38.8 Å². The number of ether oxygens (including phenoxy) is 2. The number of esters is 2. The van der Waals surface area contributed by atoms with E-state index in [0.29, 0.717) is 13.1 Å². The number of amides is 1. The Hall–Kier alpha value is -2.35. The van der Waals surface area contributed by atoms with E-state index >= 15 is 0 Å². The van der Waals surface area contributed by atoms with Crippen molar-refractivity contribution in [3.63, 3.8) is 0 Å². The summed E-state index contributed by atoms with van der Waals surface area (Å²) in [4.78, 5) is 44.7. The predicted octanol–water partition coefficient (Wildman–Crippen LogP) is 1.76. The zero-order valence-electron chi connectivity index (χ0n) is 16.1. The lowest BCUT2D eigenvalue weighted by atomic mass is 9.94. The van der Waals surface area contributed by atoms with Crippen molar-refractivity contribution in [1.29, 1.82) is 0 Å². The van der Waals surface area contributed by atoms with E-state index in [9.17, 15) is 14.4 Å². The van der Waals surface area contributed by atoms with Gasteiger partial charge in [-0.25, -0.2) is 14.6 Å². The molecule has 0 spiro atoms. The maximum atomic E-state index is 12.6. The van der Waals surface area contributed by atoms with Crippen LogP contribution in [0.15, 0.2) is 12.1 Å². The van der Waals surface area contributed by atoms with Crippen LogP contribution < -0.4 is 4.90 Å². The summed E-state index contributed by atoms with van der Waals surface area (Å²) in [7, 11) is 2.54. The second-order valence-corrected chi connectivity index (χ2v) is 7.62. The molecule has 27 heavy (non-hydrogen) atoms. The van der Waals surface area contributed by atoms with Crippen molar-refractivity contribution in [1.82, 2.24) is 9.88 Å². The van der Waals surface area contributed by atoms with Gasteiger partial charge in [0.1, 0.15) is 22.6 Å². The maximum Gasteiger partial charge on any atom is 0.341 e. The Morgan fingerprint density at radius 1 is 1.15 bits per heavy atom. The monoisotopic (exact) mass is 397 g/mol. The molecule has 1 unspecified atom stereocenters. The van der Waals surface area contributed by atoms with Gasteiger partial charge < -0.3 is 19.3 Å². The number of halogens is 1. The number of hydrogen-bond donors (Lipinski definition) is 0. The van der Waals surface area contributed by atoms with E-state index in [-0.39, 0.29) is 29.0 Å². The molecule has 2 heterocycles. The topological polar surface area (TPSA) is 89.0 Å². The van der Waals surface area contributed by atoms with Crippen LogP contribution in [-0.4, -0.2) is 67.6 Å². The summed E-state index contributed by atoms with van der Waals surface area (Å²) >= 11 is 6.01. The molecule has 1 aromatic heterocycles. The summed E-state index contributed by atoms with van der Waals surface area (Å²) < 4.78 is 9.72. The van der Waals surface area contributed by atoms with Crippen LogP contribution in [0, 0.1) is 5.41 Å². The molecule has 2 rings (SSSR count). The third-order valence-corrected chi connectivity index (χ3v) is 4.51. The Labute approximate surface area is 163 Å². The van der Waals surface area contributed by atoms with Crippen LogP contribution in [0.1, 0.15) is 31.1 Å². The third kappa shape index (κ3) is 4.50. The number of methoxy groups -OCH3 is 2. The second kappa shape index (κ2) is 8.12. The van der Waals surface area contributed by atoms with Crippen molar-refractivity contribution >= 4 is 35.3 Å². The summed E-state index contributed by atoms with van der Waals surface area (Å²) in [5, 5.41) is 0.175. The number of nitrogens with zero attached hydrogens (tertiary/aromatic N) is 3. The zero-order chi connectivity index (χ0) is 20.4. The number of carbonyl (C=O) groups excluding carboxylic acids is 3. The molecule has 1 fully saturated rings. The van der Waals surface area contributed by atoms with Crippen molar-refractivity contribution < 1.29 is 23.9 Å². The first-order valence-electron chi connectivity index (χ1n) is 8.49. The lowest BCUT2D eigenvalue weighted by Gasteiger charge is -2.42. The van der Waals surface area contributed by atoms with Gasteiger partial charge >= 0.3 is 11.9 Å². The summed E-state index contributed by atoms with van der Waals surface area (Å²) in [6.45, 7) is 6.25. The van der Waals surface area contributed by atoms with Crippen molar-refractivity contribution in [3.05, 3.63) is 22.8 Å². The van der Waals surface area contributed by atoms with E-state index in [1.54, 1.807) is 9.80 Å². The van der Waals surface area contributed by atoms with Crippen LogP contribution in [0.3, 0.4) is 0 Å². The first-order chi connectivity index (χ1) is 12.6. The zero-order valence-corrected chi connectivity index (χ0v) is 16.9. The average Bonchev–Trinajstić information content (AvgIpc) is 2.64. The van der Waals surface area contributed by atoms with Crippen LogP contribution in [0.25, 0.3) is 0 Å². The maximum absolute atomic E-state index is 12.6. The molecule has 0 N–H and O–H groups in total. The van der Waals surface area contributed by atoms with Gasteiger partial charge in [-0.1, -0.05) is 32.4 Å². The van der Waals surface area contributed by atoms with Gasteiger partial charge in [-0.3, -0.25) is 4.79 Å². The number of pyridine rings is 1. The normalized spacial score (nSPS) is 17.5. The molecule has 1 amide bonds. The molecular formula is C18H24ClN3O5. The molecule has 9 heteroatoms. The van der Waals surface area contributed by atoms with E-state index in [1.165, 1.54) is 26.4 Å². The molecule has 0 aliphatic carbocycles. The van der Waals surface area contributed by atoms with E-state index in [4.69, 9.17) is 21.1 Å².